The van der Waals surface area contributed by atoms with Gasteiger partial charge in [-0.2, -0.15) is 0 Å². The van der Waals surface area contributed by atoms with Crippen LogP contribution in [0, 0.1) is 5.92 Å². The number of piperidine rings is 1. The molecule has 0 aliphatic carbocycles. The molecule has 0 saturated carbocycles. The van der Waals surface area contributed by atoms with Crippen LogP contribution in [0.3, 0.4) is 0 Å². The van der Waals surface area contributed by atoms with Gasteiger partial charge in [0.1, 0.15) is 0 Å². The molecule has 5 nitrogen and oxygen atoms in total. The highest BCUT2D eigenvalue weighted by Crippen LogP contribution is 2.20. The predicted molar refractivity (Wildman–Crippen MR) is 57.7 cm³/mol. The SMILES string of the molecule is CC1OCCC1C(=O)NC1CCC(=O)NC1. The molecular weight excluding hydrogens is 208 g/mol. The van der Waals surface area contributed by atoms with Gasteiger partial charge in [0.25, 0.3) is 0 Å². The monoisotopic (exact) mass is 226 g/mol. The molecule has 0 aromatic carbocycles. The number of ether oxygens (including phenoxy) is 1. The summed E-state index contributed by atoms with van der Waals surface area (Å²) in [4.78, 5) is 22.9. The first-order valence-corrected chi connectivity index (χ1v) is 5.85. The van der Waals surface area contributed by atoms with E-state index in [0.717, 1.165) is 12.8 Å². The first kappa shape index (κ1) is 11.4. The lowest BCUT2D eigenvalue weighted by Crippen LogP contribution is -2.49. The van der Waals surface area contributed by atoms with Crippen LogP contribution < -0.4 is 10.6 Å². The molecule has 0 spiro atoms. The maximum absolute atomic E-state index is 11.9. The second-order valence-corrected chi connectivity index (χ2v) is 4.52. The van der Waals surface area contributed by atoms with E-state index in [-0.39, 0.29) is 29.9 Å². The van der Waals surface area contributed by atoms with Crippen LogP contribution in [-0.4, -0.2) is 37.1 Å². The highest BCUT2D eigenvalue weighted by Gasteiger charge is 2.32. The quantitative estimate of drug-likeness (QED) is 0.685. The Balaban J connectivity index is 1.80. The third-order valence-corrected chi connectivity index (χ3v) is 3.32. The van der Waals surface area contributed by atoms with Crippen molar-refractivity contribution in [2.24, 2.45) is 5.92 Å². The van der Waals surface area contributed by atoms with E-state index in [1.807, 2.05) is 6.92 Å². The van der Waals surface area contributed by atoms with E-state index in [4.69, 9.17) is 4.74 Å². The summed E-state index contributed by atoms with van der Waals surface area (Å²) in [5.74, 6) is 0.104. The zero-order valence-electron chi connectivity index (χ0n) is 9.49. The number of carbonyl (C=O) groups excluding carboxylic acids is 2. The maximum Gasteiger partial charge on any atom is 0.226 e. The fourth-order valence-corrected chi connectivity index (χ4v) is 2.24. The lowest BCUT2D eigenvalue weighted by atomic mass is 10.00. The minimum Gasteiger partial charge on any atom is -0.378 e. The Morgan fingerprint density at radius 3 is 2.88 bits per heavy atom. The van der Waals surface area contributed by atoms with Crippen LogP contribution in [0.2, 0.25) is 0 Å². The van der Waals surface area contributed by atoms with Crippen molar-refractivity contribution >= 4 is 11.8 Å². The number of amides is 2. The Morgan fingerprint density at radius 2 is 2.31 bits per heavy atom. The number of carbonyl (C=O) groups is 2. The molecule has 0 radical (unpaired) electrons. The Kier molecular flexibility index (Phi) is 3.43. The summed E-state index contributed by atoms with van der Waals surface area (Å²) in [5, 5.41) is 5.73. The van der Waals surface area contributed by atoms with E-state index in [9.17, 15) is 9.59 Å². The maximum atomic E-state index is 11.9. The molecule has 3 atom stereocenters. The molecule has 2 rings (SSSR count). The van der Waals surface area contributed by atoms with Gasteiger partial charge in [-0.3, -0.25) is 9.59 Å². The molecule has 0 aromatic heterocycles. The fourth-order valence-electron chi connectivity index (χ4n) is 2.24. The minimum atomic E-state index is -0.0300. The Labute approximate surface area is 94.9 Å². The first-order valence-electron chi connectivity index (χ1n) is 5.85. The second kappa shape index (κ2) is 4.82. The molecule has 2 heterocycles. The van der Waals surface area contributed by atoms with E-state index >= 15 is 0 Å². The zero-order valence-corrected chi connectivity index (χ0v) is 9.49. The molecule has 3 unspecified atom stereocenters. The smallest absolute Gasteiger partial charge is 0.226 e. The van der Waals surface area contributed by atoms with Gasteiger partial charge in [-0.15, -0.1) is 0 Å². The van der Waals surface area contributed by atoms with Crippen molar-refractivity contribution in [3.8, 4) is 0 Å². The molecule has 2 aliphatic rings. The van der Waals surface area contributed by atoms with E-state index in [2.05, 4.69) is 10.6 Å². The van der Waals surface area contributed by atoms with Gasteiger partial charge in [0.15, 0.2) is 0 Å². The van der Waals surface area contributed by atoms with Gasteiger partial charge >= 0.3 is 0 Å². The summed E-state index contributed by atoms with van der Waals surface area (Å²) in [6.45, 7) is 3.15. The standard InChI is InChI=1S/C11H18N2O3/c1-7-9(4-5-16-7)11(15)13-8-2-3-10(14)12-6-8/h7-9H,2-6H2,1H3,(H,12,14)(H,13,15). The first-order chi connectivity index (χ1) is 7.66. The molecule has 2 saturated heterocycles. The molecule has 0 aromatic rings. The lowest BCUT2D eigenvalue weighted by Gasteiger charge is -2.25. The van der Waals surface area contributed by atoms with Gasteiger partial charge in [0, 0.05) is 25.6 Å². The van der Waals surface area contributed by atoms with E-state index in [1.165, 1.54) is 0 Å². The summed E-state index contributed by atoms with van der Waals surface area (Å²) in [6, 6.07) is 0.0815. The third-order valence-electron chi connectivity index (χ3n) is 3.32. The average Bonchev–Trinajstić information content (AvgIpc) is 2.68. The summed E-state index contributed by atoms with van der Waals surface area (Å²) >= 11 is 0. The van der Waals surface area contributed by atoms with Crippen LogP contribution in [0.15, 0.2) is 0 Å². The minimum absolute atomic E-state index is 0.0122. The van der Waals surface area contributed by atoms with E-state index in [0.29, 0.717) is 19.6 Å². The Hall–Kier alpha value is -1.10. The van der Waals surface area contributed by atoms with Gasteiger partial charge in [-0.25, -0.2) is 0 Å². The Bertz CT molecular complexity index is 283. The van der Waals surface area contributed by atoms with Crippen LogP contribution in [0.4, 0.5) is 0 Å². The third kappa shape index (κ3) is 2.52. The summed E-state index contributed by atoms with van der Waals surface area (Å²) in [7, 11) is 0. The highest BCUT2D eigenvalue weighted by molar-refractivity contribution is 5.81. The van der Waals surface area contributed by atoms with Crippen LogP contribution in [0.5, 0.6) is 0 Å². The number of nitrogens with one attached hydrogen (secondary N) is 2. The number of hydrogen-bond donors (Lipinski definition) is 2. The van der Waals surface area contributed by atoms with Crippen LogP contribution in [0.1, 0.15) is 26.2 Å². The highest BCUT2D eigenvalue weighted by atomic mass is 16.5. The molecule has 90 valence electrons. The molecule has 0 bridgehead atoms. The van der Waals surface area contributed by atoms with Gasteiger partial charge in [-0.05, 0) is 19.8 Å². The number of hydrogen-bond acceptors (Lipinski definition) is 3. The van der Waals surface area contributed by atoms with Crippen LogP contribution >= 0.6 is 0 Å². The van der Waals surface area contributed by atoms with Gasteiger partial charge in [0.2, 0.25) is 11.8 Å². The van der Waals surface area contributed by atoms with Crippen molar-refractivity contribution < 1.29 is 14.3 Å². The van der Waals surface area contributed by atoms with Crippen molar-refractivity contribution in [1.29, 1.82) is 0 Å². The fraction of sp³-hybridized carbons (Fsp3) is 0.818. The largest absolute Gasteiger partial charge is 0.378 e. The van der Waals surface area contributed by atoms with E-state index < -0.39 is 0 Å². The van der Waals surface area contributed by atoms with Crippen molar-refractivity contribution in [2.45, 2.75) is 38.3 Å². The van der Waals surface area contributed by atoms with Crippen LogP contribution in [-0.2, 0) is 14.3 Å². The lowest BCUT2D eigenvalue weighted by molar-refractivity contribution is -0.129. The normalized spacial score (nSPS) is 34.6. The topological polar surface area (TPSA) is 67.4 Å². The van der Waals surface area contributed by atoms with Crippen LogP contribution in [0.25, 0.3) is 0 Å². The van der Waals surface area contributed by atoms with Gasteiger partial charge in [-0.1, -0.05) is 0 Å². The molecular formula is C11H18N2O3. The van der Waals surface area contributed by atoms with Crippen molar-refractivity contribution in [2.75, 3.05) is 13.2 Å². The summed E-state index contributed by atoms with van der Waals surface area (Å²) in [5.41, 5.74) is 0. The van der Waals surface area contributed by atoms with Crippen molar-refractivity contribution in [3.63, 3.8) is 0 Å². The Morgan fingerprint density at radius 1 is 1.50 bits per heavy atom. The van der Waals surface area contributed by atoms with Crippen molar-refractivity contribution in [1.82, 2.24) is 10.6 Å². The molecule has 2 fully saturated rings. The molecule has 2 N–H and O–H groups in total. The predicted octanol–water partition coefficient (Wildman–Crippen LogP) is -0.194. The van der Waals surface area contributed by atoms with Crippen molar-refractivity contribution in [3.05, 3.63) is 0 Å². The summed E-state index contributed by atoms with van der Waals surface area (Å²) in [6.07, 6.45) is 2.05. The van der Waals surface area contributed by atoms with Gasteiger partial charge < -0.3 is 15.4 Å². The zero-order chi connectivity index (χ0) is 11.5. The summed E-state index contributed by atoms with van der Waals surface area (Å²) < 4.78 is 5.36. The molecule has 2 aliphatic heterocycles. The van der Waals surface area contributed by atoms with Gasteiger partial charge in [0.05, 0.1) is 12.0 Å². The molecule has 16 heavy (non-hydrogen) atoms. The van der Waals surface area contributed by atoms with E-state index in [1.54, 1.807) is 0 Å². The number of rotatable bonds is 2. The second-order valence-electron chi connectivity index (χ2n) is 4.52. The molecule has 5 heteroatoms. The average molecular weight is 226 g/mol. The molecule has 2 amide bonds.